The normalized spacial score (nSPS) is 12.2. The molecule has 0 rings (SSSR count). The summed E-state index contributed by atoms with van der Waals surface area (Å²) in [5.74, 6) is 0.244. The molecule has 0 amide bonds. The molecule has 0 aromatic heterocycles. The molecule has 1 unspecified atom stereocenters. The first-order valence-corrected chi connectivity index (χ1v) is 12.8. The van der Waals surface area contributed by atoms with E-state index in [1.807, 2.05) is 6.92 Å². The predicted octanol–water partition coefficient (Wildman–Crippen LogP) is 7.77. The summed E-state index contributed by atoms with van der Waals surface area (Å²) in [7, 11) is 0. The van der Waals surface area contributed by atoms with E-state index in [4.69, 9.17) is 9.47 Å². The van der Waals surface area contributed by atoms with Crippen molar-refractivity contribution in [1.82, 2.24) is 0 Å². The molecule has 0 saturated heterocycles. The number of hydrogen-bond acceptors (Lipinski definition) is 4. The predicted molar refractivity (Wildman–Crippen MR) is 126 cm³/mol. The fraction of sp³-hybridized carbons (Fsp3) is 0.923. The van der Waals surface area contributed by atoms with Gasteiger partial charge in [0.15, 0.2) is 0 Å². The number of ether oxygens (including phenoxy) is 2. The van der Waals surface area contributed by atoms with Crippen molar-refractivity contribution in [3.63, 3.8) is 0 Å². The van der Waals surface area contributed by atoms with Crippen LogP contribution >= 0.6 is 0 Å². The highest BCUT2D eigenvalue weighted by Crippen LogP contribution is 2.12. The van der Waals surface area contributed by atoms with Gasteiger partial charge in [0.1, 0.15) is 6.10 Å². The molecule has 4 nitrogen and oxygen atoms in total. The summed E-state index contributed by atoms with van der Waals surface area (Å²) in [5, 5.41) is 0. The van der Waals surface area contributed by atoms with E-state index in [1.54, 1.807) is 0 Å². The van der Waals surface area contributed by atoms with Crippen molar-refractivity contribution < 1.29 is 19.1 Å². The highest BCUT2D eigenvalue weighted by atomic mass is 16.5. The van der Waals surface area contributed by atoms with Gasteiger partial charge >= 0.3 is 11.9 Å². The van der Waals surface area contributed by atoms with E-state index in [0.717, 1.165) is 44.9 Å². The van der Waals surface area contributed by atoms with E-state index in [9.17, 15) is 9.59 Å². The molecule has 4 heteroatoms. The molecular weight excluding hydrogens is 376 g/mol. The third-order valence-electron chi connectivity index (χ3n) is 5.78. The van der Waals surface area contributed by atoms with Crippen molar-refractivity contribution in [3.8, 4) is 0 Å². The lowest BCUT2D eigenvalue weighted by Gasteiger charge is -2.16. The van der Waals surface area contributed by atoms with Crippen molar-refractivity contribution in [2.24, 2.45) is 5.92 Å². The zero-order valence-electron chi connectivity index (χ0n) is 20.5. The summed E-state index contributed by atoms with van der Waals surface area (Å²) < 4.78 is 10.7. The minimum atomic E-state index is -0.0779. The Bertz CT molecular complexity index is 406. The first kappa shape index (κ1) is 28.9. The SMILES string of the molecule is CCCCCCCCCCCOC(=O)CCCCCCCCC(=O)OC(C)C(C)C. The third-order valence-corrected chi connectivity index (χ3v) is 5.78. The van der Waals surface area contributed by atoms with Gasteiger partial charge in [-0.2, -0.15) is 0 Å². The van der Waals surface area contributed by atoms with E-state index < -0.39 is 0 Å². The van der Waals surface area contributed by atoms with E-state index in [0.29, 0.717) is 25.4 Å². The summed E-state index contributed by atoms with van der Waals surface area (Å²) in [5.41, 5.74) is 0. The number of hydrogen-bond donors (Lipinski definition) is 0. The Labute approximate surface area is 186 Å². The molecule has 178 valence electrons. The van der Waals surface area contributed by atoms with Crippen molar-refractivity contribution in [2.75, 3.05) is 6.61 Å². The lowest BCUT2D eigenvalue weighted by molar-refractivity contribution is -0.150. The number of esters is 2. The van der Waals surface area contributed by atoms with Gasteiger partial charge in [-0.1, -0.05) is 97.8 Å². The average molecular weight is 427 g/mol. The topological polar surface area (TPSA) is 52.6 Å². The number of unbranched alkanes of at least 4 members (excludes halogenated alkanes) is 13. The van der Waals surface area contributed by atoms with Crippen molar-refractivity contribution in [2.45, 2.75) is 143 Å². The minimum absolute atomic E-state index is 0.00224. The van der Waals surface area contributed by atoms with Gasteiger partial charge in [-0.3, -0.25) is 9.59 Å². The van der Waals surface area contributed by atoms with Gasteiger partial charge in [0, 0.05) is 12.8 Å². The maximum atomic E-state index is 11.8. The quantitative estimate of drug-likeness (QED) is 0.139. The van der Waals surface area contributed by atoms with Crippen LogP contribution in [0.5, 0.6) is 0 Å². The summed E-state index contributed by atoms with van der Waals surface area (Å²) in [6, 6.07) is 0. The van der Waals surface area contributed by atoms with Crippen LogP contribution in [0.15, 0.2) is 0 Å². The van der Waals surface area contributed by atoms with Crippen LogP contribution in [-0.4, -0.2) is 24.6 Å². The molecule has 0 spiro atoms. The highest BCUT2D eigenvalue weighted by Gasteiger charge is 2.12. The standard InChI is InChI=1S/C26H50O4/c1-5-6-7-8-9-10-13-16-19-22-29-25(27)20-17-14-11-12-15-18-21-26(28)30-24(4)23(2)3/h23-24H,5-22H2,1-4H3. The Balaban J connectivity index is 3.31. The second kappa shape index (κ2) is 21.2. The average Bonchev–Trinajstić information content (AvgIpc) is 2.71. The van der Waals surface area contributed by atoms with Crippen molar-refractivity contribution >= 4 is 11.9 Å². The molecule has 0 N–H and O–H groups in total. The van der Waals surface area contributed by atoms with Crippen LogP contribution in [0.4, 0.5) is 0 Å². The van der Waals surface area contributed by atoms with Crippen molar-refractivity contribution in [3.05, 3.63) is 0 Å². The smallest absolute Gasteiger partial charge is 0.306 e. The highest BCUT2D eigenvalue weighted by molar-refractivity contribution is 5.69. The fourth-order valence-electron chi connectivity index (χ4n) is 3.32. The molecular formula is C26H50O4. The zero-order valence-corrected chi connectivity index (χ0v) is 20.5. The minimum Gasteiger partial charge on any atom is -0.466 e. The summed E-state index contributed by atoms with van der Waals surface area (Å²) in [6.45, 7) is 8.90. The molecule has 0 heterocycles. The molecule has 0 saturated carbocycles. The Kier molecular flexibility index (Phi) is 20.4. The monoisotopic (exact) mass is 426 g/mol. The van der Waals surface area contributed by atoms with Gasteiger partial charge in [-0.15, -0.1) is 0 Å². The van der Waals surface area contributed by atoms with Crippen LogP contribution in [0, 0.1) is 5.92 Å². The van der Waals surface area contributed by atoms with E-state index in [2.05, 4.69) is 20.8 Å². The van der Waals surface area contributed by atoms with Crippen LogP contribution in [0.1, 0.15) is 137 Å². The molecule has 0 radical (unpaired) electrons. The van der Waals surface area contributed by atoms with Gasteiger partial charge < -0.3 is 9.47 Å². The Hall–Kier alpha value is -1.06. The maximum Gasteiger partial charge on any atom is 0.306 e. The van der Waals surface area contributed by atoms with Crippen LogP contribution < -0.4 is 0 Å². The summed E-state index contributed by atoms with van der Waals surface area (Å²) in [6.07, 6.45) is 18.7. The molecule has 0 aromatic rings. The first-order valence-electron chi connectivity index (χ1n) is 12.8. The molecule has 0 aromatic carbocycles. The molecule has 1 atom stereocenters. The van der Waals surface area contributed by atoms with Gasteiger partial charge in [0.2, 0.25) is 0 Å². The largest absolute Gasteiger partial charge is 0.466 e. The Morgan fingerprint density at radius 1 is 0.600 bits per heavy atom. The number of carbonyl (C=O) groups excluding carboxylic acids is 2. The second-order valence-corrected chi connectivity index (χ2v) is 9.11. The van der Waals surface area contributed by atoms with E-state index in [-0.39, 0.29) is 18.0 Å². The lowest BCUT2D eigenvalue weighted by atomic mass is 10.1. The molecule has 0 aliphatic rings. The molecule has 0 aliphatic carbocycles. The Morgan fingerprint density at radius 2 is 1.03 bits per heavy atom. The fourth-order valence-corrected chi connectivity index (χ4v) is 3.32. The first-order chi connectivity index (χ1) is 14.5. The van der Waals surface area contributed by atoms with Gasteiger partial charge in [-0.05, 0) is 32.1 Å². The molecule has 0 fully saturated rings. The van der Waals surface area contributed by atoms with Gasteiger partial charge in [0.05, 0.1) is 6.61 Å². The maximum absolute atomic E-state index is 11.8. The summed E-state index contributed by atoms with van der Waals surface area (Å²) in [4.78, 5) is 23.5. The van der Waals surface area contributed by atoms with Crippen LogP contribution in [0.3, 0.4) is 0 Å². The zero-order chi connectivity index (χ0) is 22.5. The van der Waals surface area contributed by atoms with Gasteiger partial charge in [0.25, 0.3) is 0 Å². The second-order valence-electron chi connectivity index (χ2n) is 9.11. The van der Waals surface area contributed by atoms with Crippen LogP contribution in [-0.2, 0) is 19.1 Å². The molecule has 30 heavy (non-hydrogen) atoms. The van der Waals surface area contributed by atoms with Crippen molar-refractivity contribution in [1.29, 1.82) is 0 Å². The van der Waals surface area contributed by atoms with Gasteiger partial charge in [-0.25, -0.2) is 0 Å². The summed E-state index contributed by atoms with van der Waals surface area (Å²) >= 11 is 0. The third kappa shape index (κ3) is 20.2. The molecule has 0 aliphatic heterocycles. The van der Waals surface area contributed by atoms with E-state index >= 15 is 0 Å². The Morgan fingerprint density at radius 3 is 1.53 bits per heavy atom. The number of carbonyl (C=O) groups is 2. The van der Waals surface area contributed by atoms with Crippen LogP contribution in [0.2, 0.25) is 0 Å². The lowest BCUT2D eigenvalue weighted by Crippen LogP contribution is -2.19. The number of rotatable bonds is 21. The van der Waals surface area contributed by atoms with Crippen LogP contribution in [0.25, 0.3) is 0 Å². The van der Waals surface area contributed by atoms with E-state index in [1.165, 1.54) is 51.4 Å². The molecule has 0 bridgehead atoms.